The fraction of sp³-hybridized carbons (Fsp3) is 0.217. The molecule has 3 aromatic carbocycles. The Morgan fingerprint density at radius 1 is 0.741 bits per heavy atom. The number of hydrogen-bond acceptors (Lipinski definition) is 1. The van der Waals surface area contributed by atoms with Crippen LogP contribution in [0.15, 0.2) is 78.9 Å². The smallest absolute Gasteiger partial charge is 0.149 e. The average Bonchev–Trinajstić information content (AvgIpc) is 2.69. The molecule has 0 aromatic heterocycles. The second-order valence-electron chi connectivity index (χ2n) is 6.80. The van der Waals surface area contributed by atoms with Crippen molar-refractivity contribution in [3.63, 3.8) is 0 Å². The van der Waals surface area contributed by atoms with Crippen LogP contribution in [0.2, 0.25) is 0 Å². The van der Waals surface area contributed by atoms with Gasteiger partial charge in [-0.3, -0.25) is 0 Å². The fourth-order valence-electron chi connectivity index (χ4n) is 4.20. The first kappa shape index (κ1) is 19.8. The van der Waals surface area contributed by atoms with Gasteiger partial charge in [-0.15, -0.1) is 0 Å². The Bertz CT molecular complexity index is 844. The van der Waals surface area contributed by atoms with Crippen LogP contribution >= 0.6 is 0 Å². The molecule has 136 valence electrons. The summed E-state index contributed by atoms with van der Waals surface area (Å²) >= 11 is 0. The summed E-state index contributed by atoms with van der Waals surface area (Å²) in [5.41, 5.74) is 2.27. The molecule has 1 nitrogen and oxygen atoms in total. The SMILES string of the molecule is Fc1ccc(N2CCCCC2(c2ccccc2)c2ccccc2)c(F)c1.[Ti]. The maximum Gasteiger partial charge on any atom is 0.149 e. The minimum Gasteiger partial charge on any atom is -0.355 e. The first-order valence-electron chi connectivity index (χ1n) is 9.05. The molecule has 4 heteroatoms. The van der Waals surface area contributed by atoms with Crippen molar-refractivity contribution in [2.75, 3.05) is 11.4 Å². The van der Waals surface area contributed by atoms with Gasteiger partial charge in [0.25, 0.3) is 0 Å². The molecule has 0 N–H and O–H groups in total. The summed E-state index contributed by atoms with van der Waals surface area (Å²) in [5, 5.41) is 0. The quantitative estimate of drug-likeness (QED) is 0.498. The molecule has 0 aliphatic carbocycles. The molecule has 1 heterocycles. The van der Waals surface area contributed by atoms with Gasteiger partial charge in [-0.2, -0.15) is 0 Å². The Kier molecular flexibility index (Phi) is 6.13. The molecule has 4 rings (SSSR count). The molecule has 1 aliphatic heterocycles. The number of piperidine rings is 1. The number of anilines is 1. The first-order chi connectivity index (χ1) is 12.7. The Morgan fingerprint density at radius 3 is 1.89 bits per heavy atom. The minimum atomic E-state index is -0.548. The van der Waals surface area contributed by atoms with Crippen molar-refractivity contribution in [2.45, 2.75) is 24.8 Å². The van der Waals surface area contributed by atoms with Crippen molar-refractivity contribution < 1.29 is 30.5 Å². The van der Waals surface area contributed by atoms with E-state index in [4.69, 9.17) is 0 Å². The number of halogens is 2. The minimum absolute atomic E-state index is 0. The Labute approximate surface area is 173 Å². The number of rotatable bonds is 3. The summed E-state index contributed by atoms with van der Waals surface area (Å²) in [6.45, 7) is 0.729. The molecule has 0 amide bonds. The van der Waals surface area contributed by atoms with Crippen molar-refractivity contribution in [3.8, 4) is 0 Å². The Balaban J connectivity index is 0.00000210. The largest absolute Gasteiger partial charge is 0.355 e. The van der Waals surface area contributed by atoms with Gasteiger partial charge in [0, 0.05) is 34.3 Å². The Hall–Kier alpha value is -1.97. The summed E-state index contributed by atoms with van der Waals surface area (Å²) in [5.74, 6) is -1.06. The van der Waals surface area contributed by atoms with E-state index in [1.54, 1.807) is 6.07 Å². The molecule has 0 unspecified atom stereocenters. The predicted octanol–water partition coefficient (Wildman–Crippen LogP) is 5.90. The van der Waals surface area contributed by atoms with Gasteiger partial charge >= 0.3 is 0 Å². The number of benzene rings is 3. The van der Waals surface area contributed by atoms with Crippen LogP contribution in [0.5, 0.6) is 0 Å². The maximum absolute atomic E-state index is 14.7. The van der Waals surface area contributed by atoms with Crippen molar-refractivity contribution in [1.82, 2.24) is 0 Å². The van der Waals surface area contributed by atoms with Gasteiger partial charge in [0.2, 0.25) is 0 Å². The molecule has 0 saturated carbocycles. The number of hydrogen-bond donors (Lipinski definition) is 0. The molecule has 0 bridgehead atoms. The zero-order valence-electron chi connectivity index (χ0n) is 15.0. The second kappa shape index (κ2) is 8.37. The Morgan fingerprint density at radius 2 is 1.33 bits per heavy atom. The van der Waals surface area contributed by atoms with Crippen LogP contribution in [0.3, 0.4) is 0 Å². The van der Waals surface area contributed by atoms with Crippen molar-refractivity contribution in [3.05, 3.63) is 102 Å². The molecule has 0 atom stereocenters. The molecule has 1 saturated heterocycles. The zero-order chi connectivity index (χ0) is 18.0. The van der Waals surface area contributed by atoms with E-state index in [1.165, 1.54) is 6.07 Å². The summed E-state index contributed by atoms with van der Waals surface area (Å²) in [6, 6.07) is 24.4. The monoisotopic (exact) mass is 397 g/mol. The third kappa shape index (κ3) is 3.59. The third-order valence-corrected chi connectivity index (χ3v) is 5.33. The van der Waals surface area contributed by atoms with Gasteiger partial charge in [0.1, 0.15) is 11.6 Å². The molecule has 3 aromatic rings. The predicted molar refractivity (Wildman–Crippen MR) is 101 cm³/mol. The van der Waals surface area contributed by atoms with E-state index in [0.29, 0.717) is 5.69 Å². The summed E-state index contributed by atoms with van der Waals surface area (Å²) in [6.07, 6.45) is 2.93. The van der Waals surface area contributed by atoms with E-state index < -0.39 is 17.2 Å². The van der Waals surface area contributed by atoms with Crippen molar-refractivity contribution in [2.24, 2.45) is 0 Å². The molecule has 0 radical (unpaired) electrons. The van der Waals surface area contributed by atoms with Gasteiger partial charge in [-0.25, -0.2) is 8.78 Å². The molecule has 27 heavy (non-hydrogen) atoms. The van der Waals surface area contributed by atoms with Gasteiger partial charge in [0.15, 0.2) is 0 Å². The van der Waals surface area contributed by atoms with Crippen LogP contribution in [0.25, 0.3) is 0 Å². The van der Waals surface area contributed by atoms with Crippen LogP contribution in [-0.4, -0.2) is 6.54 Å². The van der Waals surface area contributed by atoms with E-state index in [9.17, 15) is 8.78 Å². The fourth-order valence-corrected chi connectivity index (χ4v) is 4.20. The van der Waals surface area contributed by atoms with Crippen LogP contribution in [0, 0.1) is 11.6 Å². The van der Waals surface area contributed by atoms with Gasteiger partial charge in [-0.1, -0.05) is 60.7 Å². The van der Waals surface area contributed by atoms with E-state index in [0.717, 1.165) is 43.0 Å². The summed E-state index contributed by atoms with van der Waals surface area (Å²) < 4.78 is 28.2. The third-order valence-electron chi connectivity index (χ3n) is 5.33. The van der Waals surface area contributed by atoms with Gasteiger partial charge in [-0.05, 0) is 42.5 Å². The van der Waals surface area contributed by atoms with Crippen molar-refractivity contribution in [1.29, 1.82) is 0 Å². The zero-order valence-corrected chi connectivity index (χ0v) is 16.6. The standard InChI is InChI=1S/C23H21F2N.Ti/c24-20-13-14-22(21(25)17-20)26-16-8-7-15-23(26,18-9-3-1-4-10-18)19-11-5-2-6-12-19;/h1-6,9-14,17H,7-8,15-16H2;. The van der Waals surface area contributed by atoms with Crippen LogP contribution < -0.4 is 4.90 Å². The van der Waals surface area contributed by atoms with Gasteiger partial charge in [0.05, 0.1) is 11.2 Å². The van der Waals surface area contributed by atoms with E-state index in [-0.39, 0.29) is 21.7 Å². The molecule has 0 spiro atoms. The van der Waals surface area contributed by atoms with E-state index in [2.05, 4.69) is 29.2 Å². The first-order valence-corrected chi connectivity index (χ1v) is 9.05. The van der Waals surface area contributed by atoms with Crippen LogP contribution in [-0.2, 0) is 27.3 Å². The molecule has 1 fully saturated rings. The summed E-state index contributed by atoms with van der Waals surface area (Å²) in [4.78, 5) is 2.12. The normalized spacial score (nSPS) is 15.9. The topological polar surface area (TPSA) is 3.24 Å². The molecular formula is C23H21F2NTi. The molecular weight excluding hydrogens is 376 g/mol. The van der Waals surface area contributed by atoms with Crippen molar-refractivity contribution >= 4 is 5.69 Å². The van der Waals surface area contributed by atoms with Crippen LogP contribution in [0.1, 0.15) is 30.4 Å². The van der Waals surface area contributed by atoms with E-state index in [1.807, 2.05) is 36.4 Å². The maximum atomic E-state index is 14.7. The summed E-state index contributed by atoms with van der Waals surface area (Å²) in [7, 11) is 0. The average molecular weight is 397 g/mol. The molecule has 1 aliphatic rings. The van der Waals surface area contributed by atoms with Crippen LogP contribution in [0.4, 0.5) is 14.5 Å². The second-order valence-corrected chi connectivity index (χ2v) is 6.80. The van der Waals surface area contributed by atoms with E-state index >= 15 is 0 Å². The number of nitrogens with zero attached hydrogens (tertiary/aromatic N) is 1. The van der Waals surface area contributed by atoms with Gasteiger partial charge < -0.3 is 4.90 Å².